The molecule has 0 saturated heterocycles. The molecule has 8 heteroatoms. The van der Waals surface area contributed by atoms with Crippen LogP contribution in [0.5, 0.6) is 0 Å². The molecule has 1 aliphatic rings. The number of aromatic carboxylic acids is 1. The molecule has 192 valence electrons. The summed E-state index contributed by atoms with van der Waals surface area (Å²) in [7, 11) is 0. The Kier molecular flexibility index (Phi) is 5.54. The van der Waals surface area contributed by atoms with Gasteiger partial charge in [0.2, 0.25) is 0 Å². The van der Waals surface area contributed by atoms with Gasteiger partial charge in [0.25, 0.3) is 0 Å². The van der Waals surface area contributed by atoms with Crippen LogP contribution in [0.2, 0.25) is 0 Å². The Bertz CT molecular complexity index is 1910. The quantitative estimate of drug-likeness (QED) is 0.277. The van der Waals surface area contributed by atoms with Gasteiger partial charge in [-0.25, -0.2) is 29.7 Å². The summed E-state index contributed by atoms with van der Waals surface area (Å²) in [5.74, 6) is -0.202. The summed E-state index contributed by atoms with van der Waals surface area (Å²) < 4.78 is 2.31. The van der Waals surface area contributed by atoms with Gasteiger partial charge in [-0.2, -0.15) is 0 Å². The number of nitrogens with zero attached hydrogens (tertiary/aromatic N) is 6. The normalized spacial score (nSPS) is 14.4. The van der Waals surface area contributed by atoms with Crippen molar-refractivity contribution < 1.29 is 9.90 Å². The van der Waals surface area contributed by atoms with Gasteiger partial charge >= 0.3 is 5.97 Å². The molecule has 0 aliphatic heterocycles. The van der Waals surface area contributed by atoms with Crippen molar-refractivity contribution in [2.24, 2.45) is 0 Å². The number of pyridine rings is 4. The van der Waals surface area contributed by atoms with Crippen LogP contribution in [0, 0.1) is 6.92 Å². The van der Waals surface area contributed by atoms with E-state index >= 15 is 0 Å². The zero-order chi connectivity index (χ0) is 26.5. The summed E-state index contributed by atoms with van der Waals surface area (Å²) in [4.78, 5) is 35.7. The Morgan fingerprint density at radius 1 is 0.872 bits per heavy atom. The number of carboxylic acid groups (broad SMARTS) is 1. The van der Waals surface area contributed by atoms with Crippen molar-refractivity contribution in [3.63, 3.8) is 0 Å². The maximum absolute atomic E-state index is 12.5. The van der Waals surface area contributed by atoms with E-state index in [2.05, 4.69) is 30.6 Å². The zero-order valence-electron chi connectivity index (χ0n) is 21.5. The third kappa shape index (κ3) is 4.00. The zero-order valence-corrected chi connectivity index (χ0v) is 21.5. The molecular formula is C31H26N6O2. The lowest BCUT2D eigenvalue weighted by atomic mass is 9.94. The second-order valence-corrected chi connectivity index (χ2v) is 10.3. The van der Waals surface area contributed by atoms with Gasteiger partial charge in [-0.1, -0.05) is 19.3 Å². The van der Waals surface area contributed by atoms with Crippen LogP contribution in [0.25, 0.3) is 55.6 Å². The molecule has 8 nitrogen and oxygen atoms in total. The highest BCUT2D eigenvalue weighted by atomic mass is 16.4. The molecule has 0 unspecified atom stereocenters. The third-order valence-electron chi connectivity index (χ3n) is 7.71. The SMILES string of the molecule is Cc1ccc2cc(-c3nc4c(-c5cnc6ncccc6c5)c(C(=O)O)ccc4n3C3CCCCC3)cnc2n1. The Balaban J connectivity index is 1.52. The second-order valence-electron chi connectivity index (χ2n) is 10.3. The average molecular weight is 515 g/mol. The molecule has 7 rings (SSSR count). The molecule has 5 aromatic heterocycles. The number of carboxylic acids is 1. The van der Waals surface area contributed by atoms with Gasteiger partial charge < -0.3 is 9.67 Å². The Hall–Kier alpha value is -4.72. The van der Waals surface area contributed by atoms with Crippen LogP contribution in [0.1, 0.15) is 54.2 Å². The first kappa shape index (κ1) is 23.4. The van der Waals surface area contributed by atoms with Crippen molar-refractivity contribution in [1.29, 1.82) is 0 Å². The molecule has 0 atom stereocenters. The molecule has 0 amide bonds. The van der Waals surface area contributed by atoms with Crippen molar-refractivity contribution in [2.75, 3.05) is 0 Å². The minimum absolute atomic E-state index is 0.198. The molecule has 1 N–H and O–H groups in total. The number of hydrogen-bond acceptors (Lipinski definition) is 6. The molecule has 39 heavy (non-hydrogen) atoms. The van der Waals surface area contributed by atoms with Crippen LogP contribution in [0.15, 0.2) is 67.1 Å². The molecule has 0 bridgehead atoms. The van der Waals surface area contributed by atoms with Crippen LogP contribution in [0.4, 0.5) is 0 Å². The highest BCUT2D eigenvalue weighted by Crippen LogP contribution is 2.40. The minimum atomic E-state index is -0.999. The van der Waals surface area contributed by atoms with Gasteiger partial charge in [0.15, 0.2) is 11.3 Å². The fraction of sp³-hybridized carbons (Fsp3) is 0.226. The van der Waals surface area contributed by atoms with E-state index in [1.54, 1.807) is 18.5 Å². The number of carbonyl (C=O) groups is 1. The maximum Gasteiger partial charge on any atom is 0.336 e. The van der Waals surface area contributed by atoms with Crippen LogP contribution >= 0.6 is 0 Å². The van der Waals surface area contributed by atoms with Gasteiger partial charge in [0.1, 0.15) is 5.82 Å². The molecule has 1 aromatic carbocycles. The Morgan fingerprint density at radius 3 is 2.49 bits per heavy atom. The number of imidazole rings is 1. The van der Waals surface area contributed by atoms with E-state index < -0.39 is 5.97 Å². The molecule has 1 aliphatic carbocycles. The first-order valence-electron chi connectivity index (χ1n) is 13.3. The number of benzene rings is 1. The molecular weight excluding hydrogens is 488 g/mol. The molecule has 5 heterocycles. The standard InChI is InChI=1S/C31H26N6O2/c1-18-9-10-20-15-22(17-34-29(20)35-18)30-36-27-25(37(30)23-7-3-2-4-8-23)12-11-24(31(38)39)26(27)21-14-19-6-5-13-32-28(19)33-16-21/h5-6,9-17,23H,2-4,7-8H2,1H3,(H,38,39). The summed E-state index contributed by atoms with van der Waals surface area (Å²) in [6.07, 6.45) is 10.9. The summed E-state index contributed by atoms with van der Waals surface area (Å²) >= 11 is 0. The third-order valence-corrected chi connectivity index (χ3v) is 7.71. The smallest absolute Gasteiger partial charge is 0.336 e. The Morgan fingerprint density at radius 2 is 1.64 bits per heavy atom. The van der Waals surface area contributed by atoms with E-state index in [1.165, 1.54) is 6.42 Å². The van der Waals surface area contributed by atoms with Crippen molar-refractivity contribution in [3.05, 3.63) is 78.4 Å². The summed E-state index contributed by atoms with van der Waals surface area (Å²) in [6, 6.07) is 15.7. The summed E-state index contributed by atoms with van der Waals surface area (Å²) in [5.41, 5.74) is 6.17. The van der Waals surface area contributed by atoms with Crippen molar-refractivity contribution in [3.8, 4) is 22.5 Å². The van der Waals surface area contributed by atoms with Crippen molar-refractivity contribution in [1.82, 2.24) is 29.5 Å². The summed E-state index contributed by atoms with van der Waals surface area (Å²) in [6.45, 7) is 1.96. The topological polar surface area (TPSA) is 107 Å². The molecule has 0 radical (unpaired) electrons. The van der Waals surface area contributed by atoms with E-state index in [1.807, 2.05) is 49.5 Å². The molecule has 6 aromatic rings. The minimum Gasteiger partial charge on any atom is -0.478 e. The first-order valence-corrected chi connectivity index (χ1v) is 13.3. The van der Waals surface area contributed by atoms with E-state index in [0.29, 0.717) is 27.9 Å². The average Bonchev–Trinajstić information content (AvgIpc) is 3.36. The van der Waals surface area contributed by atoms with E-state index in [0.717, 1.165) is 59.1 Å². The first-order chi connectivity index (χ1) is 19.1. The number of hydrogen-bond donors (Lipinski definition) is 1. The van der Waals surface area contributed by atoms with Crippen molar-refractivity contribution >= 4 is 39.1 Å². The Labute approximate surface area is 224 Å². The van der Waals surface area contributed by atoms with Crippen LogP contribution < -0.4 is 0 Å². The predicted octanol–water partition coefficient (Wildman–Crippen LogP) is 6.77. The second kappa shape index (κ2) is 9.23. The lowest BCUT2D eigenvalue weighted by Crippen LogP contribution is -2.14. The van der Waals surface area contributed by atoms with Gasteiger partial charge in [-0.3, -0.25) is 0 Å². The highest BCUT2D eigenvalue weighted by molar-refractivity contribution is 6.07. The van der Waals surface area contributed by atoms with Crippen LogP contribution in [-0.4, -0.2) is 40.6 Å². The fourth-order valence-corrected chi connectivity index (χ4v) is 5.87. The van der Waals surface area contributed by atoms with E-state index in [9.17, 15) is 9.90 Å². The van der Waals surface area contributed by atoms with E-state index in [-0.39, 0.29) is 11.6 Å². The monoisotopic (exact) mass is 514 g/mol. The van der Waals surface area contributed by atoms with Crippen LogP contribution in [0.3, 0.4) is 0 Å². The van der Waals surface area contributed by atoms with Gasteiger partial charge in [0, 0.05) is 57.8 Å². The lowest BCUT2D eigenvalue weighted by Gasteiger charge is -2.25. The van der Waals surface area contributed by atoms with Gasteiger partial charge in [-0.05, 0) is 68.3 Å². The highest BCUT2D eigenvalue weighted by Gasteiger charge is 2.26. The molecule has 1 saturated carbocycles. The number of aryl methyl sites for hydroxylation is 1. The number of fused-ring (bicyclic) bond motifs is 3. The predicted molar refractivity (Wildman–Crippen MR) is 151 cm³/mol. The number of aromatic nitrogens is 6. The van der Waals surface area contributed by atoms with Crippen LogP contribution in [-0.2, 0) is 0 Å². The lowest BCUT2D eigenvalue weighted by molar-refractivity contribution is 0.0698. The van der Waals surface area contributed by atoms with Gasteiger partial charge in [-0.15, -0.1) is 0 Å². The maximum atomic E-state index is 12.5. The molecule has 1 fully saturated rings. The molecule has 0 spiro atoms. The largest absolute Gasteiger partial charge is 0.478 e. The fourth-order valence-electron chi connectivity index (χ4n) is 5.87. The number of rotatable bonds is 4. The van der Waals surface area contributed by atoms with E-state index in [4.69, 9.17) is 4.98 Å². The summed E-state index contributed by atoms with van der Waals surface area (Å²) in [5, 5.41) is 12.0. The van der Waals surface area contributed by atoms with Crippen molar-refractivity contribution in [2.45, 2.75) is 45.1 Å². The van der Waals surface area contributed by atoms with Gasteiger partial charge in [0.05, 0.1) is 16.6 Å².